The number of carbonyl (C=O) groups excluding carboxylic acids is 1. The van der Waals surface area contributed by atoms with Crippen LogP contribution in [0.25, 0.3) is 0 Å². The van der Waals surface area contributed by atoms with E-state index in [0.29, 0.717) is 0 Å². The Morgan fingerprint density at radius 1 is 1.45 bits per heavy atom. The number of nitrogens with one attached hydrogen (secondary N) is 1. The minimum Gasteiger partial charge on any atom is -0.481 e. The van der Waals surface area contributed by atoms with Crippen LogP contribution in [-0.4, -0.2) is 34.8 Å². The summed E-state index contributed by atoms with van der Waals surface area (Å²) in [7, 11) is 1.43. The lowest BCUT2D eigenvalue weighted by Gasteiger charge is -2.21. The third-order valence-corrected chi connectivity index (χ3v) is 2.59. The van der Waals surface area contributed by atoms with Crippen molar-refractivity contribution in [3.05, 3.63) is 27.9 Å². The maximum Gasteiger partial charge on any atom is 0.407 e. The average molecular weight is 311 g/mol. The summed E-state index contributed by atoms with van der Waals surface area (Å²) in [4.78, 5) is 26.3. The van der Waals surface area contributed by atoms with E-state index in [1.165, 1.54) is 19.2 Å². The monoisotopic (exact) mass is 311 g/mol. The van der Waals surface area contributed by atoms with Gasteiger partial charge in [0.2, 0.25) is 5.88 Å². The van der Waals surface area contributed by atoms with E-state index in [2.05, 4.69) is 10.3 Å². The second-order valence-corrected chi connectivity index (χ2v) is 5.83. The van der Waals surface area contributed by atoms with E-state index in [1.54, 1.807) is 27.7 Å². The Kier molecular flexibility index (Phi) is 5.67. The summed E-state index contributed by atoms with van der Waals surface area (Å²) in [6, 6.07) is 2.38. The molecule has 22 heavy (non-hydrogen) atoms. The maximum atomic E-state index is 11.7. The number of hydrogen-bond acceptors (Lipinski definition) is 6. The van der Waals surface area contributed by atoms with Crippen LogP contribution in [0.5, 0.6) is 5.88 Å². The zero-order valence-corrected chi connectivity index (χ0v) is 13.4. The van der Waals surface area contributed by atoms with Gasteiger partial charge in [-0.1, -0.05) is 0 Å². The molecule has 8 heteroatoms. The molecule has 1 aromatic heterocycles. The van der Waals surface area contributed by atoms with Crippen molar-refractivity contribution in [1.82, 2.24) is 10.3 Å². The van der Waals surface area contributed by atoms with Crippen LogP contribution in [0, 0.1) is 10.1 Å². The quantitative estimate of drug-likeness (QED) is 0.661. The van der Waals surface area contributed by atoms with Crippen molar-refractivity contribution in [2.75, 3.05) is 7.11 Å². The van der Waals surface area contributed by atoms with E-state index in [9.17, 15) is 14.9 Å². The van der Waals surface area contributed by atoms with E-state index in [4.69, 9.17) is 9.47 Å². The van der Waals surface area contributed by atoms with Crippen molar-refractivity contribution in [1.29, 1.82) is 0 Å². The molecular weight excluding hydrogens is 290 g/mol. The van der Waals surface area contributed by atoms with Crippen LogP contribution >= 0.6 is 0 Å². The molecule has 1 N–H and O–H groups in total. The molecule has 1 amide bonds. The first-order valence-corrected chi connectivity index (χ1v) is 6.80. The van der Waals surface area contributed by atoms with Gasteiger partial charge in [0.05, 0.1) is 12.0 Å². The van der Waals surface area contributed by atoms with Gasteiger partial charge >= 0.3 is 6.09 Å². The number of amides is 1. The van der Waals surface area contributed by atoms with Crippen LogP contribution in [0.2, 0.25) is 0 Å². The molecule has 1 unspecified atom stereocenters. The van der Waals surface area contributed by atoms with Gasteiger partial charge in [0, 0.05) is 24.6 Å². The zero-order valence-electron chi connectivity index (χ0n) is 13.4. The molecule has 1 rings (SSSR count). The number of nitrogens with zero attached hydrogens (tertiary/aromatic N) is 2. The molecule has 8 nitrogen and oxygen atoms in total. The SMILES string of the molecule is COc1ccc([N+](=O)[O-])c(CC(C)NC(=O)OC(C)(C)C)n1. The van der Waals surface area contributed by atoms with Gasteiger partial charge in [-0.3, -0.25) is 10.1 Å². The van der Waals surface area contributed by atoms with E-state index in [1.807, 2.05) is 0 Å². The van der Waals surface area contributed by atoms with Crippen molar-refractivity contribution in [3.8, 4) is 5.88 Å². The molecule has 0 spiro atoms. The lowest BCUT2D eigenvalue weighted by Crippen LogP contribution is -2.38. The third-order valence-electron chi connectivity index (χ3n) is 2.59. The van der Waals surface area contributed by atoms with Crippen LogP contribution in [0.15, 0.2) is 12.1 Å². The molecule has 0 aliphatic rings. The molecule has 0 aliphatic heterocycles. The predicted molar refractivity (Wildman–Crippen MR) is 80.0 cm³/mol. The highest BCUT2D eigenvalue weighted by Crippen LogP contribution is 2.21. The number of carbonyl (C=O) groups is 1. The molecule has 0 aromatic carbocycles. The van der Waals surface area contributed by atoms with E-state index in [0.717, 1.165) is 0 Å². The van der Waals surface area contributed by atoms with Gasteiger partial charge in [-0.2, -0.15) is 0 Å². The number of nitro groups is 1. The van der Waals surface area contributed by atoms with Gasteiger partial charge in [-0.05, 0) is 27.7 Å². The maximum absolute atomic E-state index is 11.7. The molecule has 1 atom stereocenters. The molecule has 0 bridgehead atoms. The normalized spacial score (nSPS) is 12.4. The topological polar surface area (TPSA) is 104 Å². The van der Waals surface area contributed by atoms with Crippen molar-refractivity contribution in [2.24, 2.45) is 0 Å². The second kappa shape index (κ2) is 7.06. The van der Waals surface area contributed by atoms with Crippen LogP contribution in [0.3, 0.4) is 0 Å². The number of methoxy groups -OCH3 is 1. The Morgan fingerprint density at radius 2 is 2.09 bits per heavy atom. The highest BCUT2D eigenvalue weighted by molar-refractivity contribution is 5.68. The number of ether oxygens (including phenoxy) is 2. The largest absolute Gasteiger partial charge is 0.481 e. The lowest BCUT2D eigenvalue weighted by atomic mass is 10.1. The summed E-state index contributed by atoms with van der Waals surface area (Å²) in [5.41, 5.74) is -0.476. The summed E-state index contributed by atoms with van der Waals surface area (Å²) < 4.78 is 10.1. The van der Waals surface area contributed by atoms with Gasteiger partial charge in [0.1, 0.15) is 11.3 Å². The minimum absolute atomic E-state index is 0.112. The number of pyridine rings is 1. The highest BCUT2D eigenvalue weighted by atomic mass is 16.6. The van der Waals surface area contributed by atoms with Crippen molar-refractivity contribution in [3.63, 3.8) is 0 Å². The second-order valence-electron chi connectivity index (χ2n) is 5.83. The first-order valence-electron chi connectivity index (χ1n) is 6.80. The Hall–Kier alpha value is -2.38. The Labute approximate surface area is 129 Å². The van der Waals surface area contributed by atoms with Gasteiger partial charge < -0.3 is 14.8 Å². The Balaban J connectivity index is 2.80. The fraction of sp³-hybridized carbons (Fsp3) is 0.571. The number of aromatic nitrogens is 1. The van der Waals surface area contributed by atoms with E-state index >= 15 is 0 Å². The molecule has 0 saturated carbocycles. The highest BCUT2D eigenvalue weighted by Gasteiger charge is 2.22. The number of rotatable bonds is 5. The summed E-state index contributed by atoms with van der Waals surface area (Å²) in [6.07, 6.45) is -0.391. The number of alkyl carbamates (subject to hydrolysis) is 1. The Bertz CT molecular complexity index is 554. The van der Waals surface area contributed by atoms with Gasteiger partial charge in [0.25, 0.3) is 5.69 Å². The molecule has 0 aliphatic carbocycles. The van der Waals surface area contributed by atoms with Crippen molar-refractivity contribution >= 4 is 11.8 Å². The van der Waals surface area contributed by atoms with E-state index < -0.39 is 16.6 Å². The average Bonchev–Trinajstić information content (AvgIpc) is 2.35. The summed E-state index contributed by atoms with van der Waals surface area (Å²) >= 11 is 0. The van der Waals surface area contributed by atoms with Crippen LogP contribution in [0.4, 0.5) is 10.5 Å². The van der Waals surface area contributed by atoms with Crippen molar-refractivity contribution in [2.45, 2.75) is 45.8 Å². The van der Waals surface area contributed by atoms with Crippen molar-refractivity contribution < 1.29 is 19.2 Å². The molecule has 122 valence electrons. The van der Waals surface area contributed by atoms with Crippen LogP contribution in [0.1, 0.15) is 33.4 Å². The first kappa shape index (κ1) is 17.7. The molecule has 0 saturated heterocycles. The fourth-order valence-electron chi connectivity index (χ4n) is 1.75. The van der Waals surface area contributed by atoms with Gasteiger partial charge in [0.15, 0.2) is 0 Å². The van der Waals surface area contributed by atoms with E-state index in [-0.39, 0.29) is 29.7 Å². The molecule has 0 radical (unpaired) electrons. The first-order chi connectivity index (χ1) is 10.1. The molecule has 1 heterocycles. The lowest BCUT2D eigenvalue weighted by molar-refractivity contribution is -0.386. The van der Waals surface area contributed by atoms with Crippen LogP contribution < -0.4 is 10.1 Å². The molecule has 0 fully saturated rings. The standard InChI is InChI=1S/C14H21N3O5/c1-9(15-13(18)22-14(2,3)4)8-10-11(17(19)20)6-7-12(16-10)21-5/h6-7,9H,8H2,1-5H3,(H,15,18). The zero-order chi connectivity index (χ0) is 16.9. The predicted octanol–water partition coefficient (Wildman–Crippen LogP) is 2.45. The third kappa shape index (κ3) is 5.55. The summed E-state index contributed by atoms with van der Waals surface area (Å²) in [5.74, 6) is 0.282. The fourth-order valence-corrected chi connectivity index (χ4v) is 1.75. The minimum atomic E-state index is -0.607. The van der Waals surface area contributed by atoms with Gasteiger partial charge in [-0.15, -0.1) is 0 Å². The summed E-state index contributed by atoms with van der Waals surface area (Å²) in [6.45, 7) is 6.98. The van der Waals surface area contributed by atoms with Gasteiger partial charge in [-0.25, -0.2) is 9.78 Å². The summed E-state index contributed by atoms with van der Waals surface area (Å²) in [5, 5.41) is 13.6. The molecule has 1 aromatic rings. The smallest absolute Gasteiger partial charge is 0.407 e. The van der Waals surface area contributed by atoms with Crippen LogP contribution in [-0.2, 0) is 11.2 Å². The molecular formula is C14H21N3O5. The Morgan fingerprint density at radius 3 is 2.59 bits per heavy atom. The number of hydrogen-bond donors (Lipinski definition) is 1.